The molecular weight excluding hydrogens is 294 g/mol. The molecule has 2 aromatic carbocycles. The Morgan fingerprint density at radius 1 is 1.05 bits per heavy atom. The maximum Gasteiger partial charge on any atom is 0.269 e. The van der Waals surface area contributed by atoms with Crippen molar-refractivity contribution in [2.75, 3.05) is 5.73 Å². The molecule has 0 fully saturated rings. The minimum Gasteiger partial charge on any atom is -0.399 e. The van der Waals surface area contributed by atoms with Gasteiger partial charge in [0.2, 0.25) is 10.0 Å². The lowest BCUT2D eigenvalue weighted by Gasteiger charge is -2.07. The number of nitro groups is 1. The van der Waals surface area contributed by atoms with Crippen molar-refractivity contribution in [3.05, 3.63) is 64.2 Å². The summed E-state index contributed by atoms with van der Waals surface area (Å²) in [5.74, 6) is 0. The van der Waals surface area contributed by atoms with Gasteiger partial charge in [-0.25, -0.2) is 13.1 Å². The van der Waals surface area contributed by atoms with Crippen LogP contribution in [0.5, 0.6) is 0 Å². The van der Waals surface area contributed by atoms with Crippen molar-refractivity contribution in [2.24, 2.45) is 0 Å². The number of sulfonamides is 1. The molecule has 3 N–H and O–H groups in total. The van der Waals surface area contributed by atoms with Crippen LogP contribution in [0.4, 0.5) is 11.4 Å². The number of nitrogens with zero attached hydrogens (tertiary/aromatic N) is 1. The molecule has 0 saturated carbocycles. The average Bonchev–Trinajstić information content (AvgIpc) is 2.47. The van der Waals surface area contributed by atoms with E-state index in [-0.39, 0.29) is 17.1 Å². The first-order valence-corrected chi connectivity index (χ1v) is 7.45. The molecule has 0 unspecified atom stereocenters. The van der Waals surface area contributed by atoms with Gasteiger partial charge in [0, 0.05) is 24.4 Å². The van der Waals surface area contributed by atoms with Crippen LogP contribution in [0.25, 0.3) is 0 Å². The molecule has 0 amide bonds. The van der Waals surface area contributed by atoms with E-state index in [2.05, 4.69) is 4.72 Å². The molecule has 8 heteroatoms. The van der Waals surface area contributed by atoms with E-state index in [1.165, 1.54) is 12.1 Å². The summed E-state index contributed by atoms with van der Waals surface area (Å²) >= 11 is 0. The molecule has 0 heterocycles. The van der Waals surface area contributed by atoms with Crippen molar-refractivity contribution in [1.82, 2.24) is 4.72 Å². The van der Waals surface area contributed by atoms with Gasteiger partial charge in [-0.1, -0.05) is 12.1 Å². The third-order valence-electron chi connectivity index (χ3n) is 2.80. The second-order valence-corrected chi connectivity index (χ2v) is 6.08. The van der Waals surface area contributed by atoms with Gasteiger partial charge in [0.1, 0.15) is 0 Å². The highest BCUT2D eigenvalue weighted by Gasteiger charge is 2.15. The van der Waals surface area contributed by atoms with Crippen molar-refractivity contribution in [2.45, 2.75) is 11.4 Å². The van der Waals surface area contributed by atoms with Crippen LogP contribution in [0.1, 0.15) is 5.56 Å². The average molecular weight is 307 g/mol. The highest BCUT2D eigenvalue weighted by Crippen LogP contribution is 2.16. The number of nitrogens with two attached hydrogens (primary N) is 1. The van der Waals surface area contributed by atoms with Crippen molar-refractivity contribution in [3.8, 4) is 0 Å². The van der Waals surface area contributed by atoms with Gasteiger partial charge in [-0.2, -0.15) is 0 Å². The van der Waals surface area contributed by atoms with Gasteiger partial charge >= 0.3 is 0 Å². The van der Waals surface area contributed by atoms with Crippen LogP contribution in [0.15, 0.2) is 53.4 Å². The molecule has 0 atom stereocenters. The molecule has 0 aliphatic heterocycles. The minimum absolute atomic E-state index is 0.0245. The molecule has 0 aliphatic rings. The summed E-state index contributed by atoms with van der Waals surface area (Å²) in [6.45, 7) is 0.111. The summed E-state index contributed by atoms with van der Waals surface area (Å²) in [5, 5.41) is 10.5. The molecule has 2 aromatic rings. The van der Waals surface area contributed by atoms with E-state index >= 15 is 0 Å². The number of nitrogen functional groups attached to an aromatic ring is 1. The molecule has 0 saturated heterocycles. The maximum atomic E-state index is 12.0. The molecule has 2 rings (SSSR count). The Kier molecular flexibility index (Phi) is 4.20. The number of rotatable bonds is 5. The number of hydrogen-bond acceptors (Lipinski definition) is 5. The Balaban J connectivity index is 2.11. The fourth-order valence-electron chi connectivity index (χ4n) is 1.64. The summed E-state index contributed by atoms with van der Waals surface area (Å²) in [6, 6.07) is 11.5. The van der Waals surface area contributed by atoms with Crippen LogP contribution in [0.3, 0.4) is 0 Å². The lowest BCUT2D eigenvalue weighted by atomic mass is 10.2. The van der Waals surface area contributed by atoms with Crippen molar-refractivity contribution < 1.29 is 13.3 Å². The Hall–Kier alpha value is -2.45. The normalized spacial score (nSPS) is 11.2. The largest absolute Gasteiger partial charge is 0.399 e. The predicted octanol–water partition coefficient (Wildman–Crippen LogP) is 1.66. The lowest BCUT2D eigenvalue weighted by molar-refractivity contribution is -0.384. The van der Waals surface area contributed by atoms with Gasteiger partial charge in [-0.3, -0.25) is 10.1 Å². The Morgan fingerprint density at radius 3 is 2.14 bits per heavy atom. The van der Waals surface area contributed by atoms with Crippen LogP contribution < -0.4 is 10.5 Å². The zero-order chi connectivity index (χ0) is 15.5. The van der Waals surface area contributed by atoms with Crippen molar-refractivity contribution >= 4 is 21.4 Å². The Labute approximate surface area is 121 Å². The van der Waals surface area contributed by atoms with E-state index in [9.17, 15) is 18.5 Å². The molecule has 0 radical (unpaired) electrons. The summed E-state index contributed by atoms with van der Waals surface area (Å²) in [6.07, 6.45) is 0. The van der Waals surface area contributed by atoms with E-state index in [0.717, 1.165) is 17.7 Å². The molecule has 0 aliphatic carbocycles. The number of anilines is 1. The fourth-order valence-corrected chi connectivity index (χ4v) is 2.66. The van der Waals surface area contributed by atoms with Gasteiger partial charge in [-0.15, -0.1) is 0 Å². The van der Waals surface area contributed by atoms with E-state index in [1.54, 1.807) is 24.3 Å². The van der Waals surface area contributed by atoms with Crippen LogP contribution in [-0.4, -0.2) is 13.3 Å². The number of nitrogens with one attached hydrogen (secondary N) is 1. The van der Waals surface area contributed by atoms with E-state index in [0.29, 0.717) is 5.69 Å². The quantitative estimate of drug-likeness (QED) is 0.495. The fraction of sp³-hybridized carbons (Fsp3) is 0.0769. The summed E-state index contributed by atoms with van der Waals surface area (Å²) in [5.41, 5.74) is 6.74. The van der Waals surface area contributed by atoms with E-state index < -0.39 is 14.9 Å². The molecule has 0 aromatic heterocycles. The first-order valence-electron chi connectivity index (χ1n) is 5.97. The SMILES string of the molecule is Nc1ccc(CNS(=O)(=O)c2ccc([N+](=O)[O-])cc2)cc1. The predicted molar refractivity (Wildman–Crippen MR) is 78.0 cm³/mol. The first kappa shape index (κ1) is 14.9. The number of nitro benzene ring substituents is 1. The molecule has 7 nitrogen and oxygen atoms in total. The Morgan fingerprint density at radius 2 is 1.62 bits per heavy atom. The summed E-state index contributed by atoms with van der Waals surface area (Å²) < 4.78 is 26.5. The number of benzene rings is 2. The van der Waals surface area contributed by atoms with Gasteiger partial charge in [0.15, 0.2) is 0 Å². The van der Waals surface area contributed by atoms with E-state index in [4.69, 9.17) is 5.73 Å². The van der Waals surface area contributed by atoms with Gasteiger partial charge in [0.25, 0.3) is 5.69 Å². The van der Waals surface area contributed by atoms with Crippen LogP contribution in [0, 0.1) is 10.1 Å². The summed E-state index contributed by atoms with van der Waals surface area (Å²) in [4.78, 5) is 9.92. The zero-order valence-electron chi connectivity index (χ0n) is 10.9. The standard InChI is InChI=1S/C13H13N3O4S/c14-11-3-1-10(2-4-11)9-15-21(19,20)13-7-5-12(6-8-13)16(17)18/h1-8,15H,9,14H2. The lowest BCUT2D eigenvalue weighted by Crippen LogP contribution is -2.23. The molecule has 0 spiro atoms. The minimum atomic E-state index is -3.71. The first-order chi connectivity index (χ1) is 9.88. The molecule has 21 heavy (non-hydrogen) atoms. The third kappa shape index (κ3) is 3.77. The molecular formula is C13H13N3O4S. The third-order valence-corrected chi connectivity index (χ3v) is 4.22. The second kappa shape index (κ2) is 5.90. The van der Waals surface area contributed by atoms with Crippen LogP contribution >= 0.6 is 0 Å². The van der Waals surface area contributed by atoms with Crippen LogP contribution in [0.2, 0.25) is 0 Å². The topological polar surface area (TPSA) is 115 Å². The van der Waals surface area contributed by atoms with Crippen molar-refractivity contribution in [1.29, 1.82) is 0 Å². The van der Waals surface area contributed by atoms with Gasteiger partial charge < -0.3 is 5.73 Å². The van der Waals surface area contributed by atoms with Crippen molar-refractivity contribution in [3.63, 3.8) is 0 Å². The molecule has 0 bridgehead atoms. The summed E-state index contributed by atoms with van der Waals surface area (Å²) in [7, 11) is -3.71. The Bertz CT molecular complexity index is 740. The monoisotopic (exact) mass is 307 g/mol. The number of hydrogen-bond donors (Lipinski definition) is 2. The smallest absolute Gasteiger partial charge is 0.269 e. The number of non-ortho nitro benzene ring substituents is 1. The van der Waals surface area contributed by atoms with Gasteiger partial charge in [-0.05, 0) is 29.8 Å². The molecule has 110 valence electrons. The second-order valence-electron chi connectivity index (χ2n) is 4.32. The highest BCUT2D eigenvalue weighted by molar-refractivity contribution is 7.89. The highest BCUT2D eigenvalue weighted by atomic mass is 32.2. The van der Waals surface area contributed by atoms with Gasteiger partial charge in [0.05, 0.1) is 9.82 Å². The van der Waals surface area contributed by atoms with Crippen LogP contribution in [-0.2, 0) is 16.6 Å². The maximum absolute atomic E-state index is 12.0. The zero-order valence-corrected chi connectivity index (χ0v) is 11.7. The van der Waals surface area contributed by atoms with E-state index in [1.807, 2.05) is 0 Å².